The second kappa shape index (κ2) is 6.91. The van der Waals surface area contributed by atoms with E-state index in [1.54, 1.807) is 0 Å². The van der Waals surface area contributed by atoms with Crippen molar-refractivity contribution in [1.29, 1.82) is 0 Å². The van der Waals surface area contributed by atoms with Crippen LogP contribution in [-0.2, 0) is 0 Å². The summed E-state index contributed by atoms with van der Waals surface area (Å²) in [7, 11) is 0. The highest BCUT2D eigenvalue weighted by atomic mass is 14.2. The molecule has 0 aromatic heterocycles. The van der Waals surface area contributed by atoms with Gasteiger partial charge in [-0.15, -0.1) is 0 Å². The van der Waals surface area contributed by atoms with Crippen LogP contribution in [0.3, 0.4) is 0 Å². The van der Waals surface area contributed by atoms with Crippen molar-refractivity contribution in [2.24, 2.45) is 5.92 Å². The van der Waals surface area contributed by atoms with Gasteiger partial charge in [-0.05, 0) is 37.5 Å². The molecule has 1 aliphatic rings. The van der Waals surface area contributed by atoms with Crippen LogP contribution in [-0.4, -0.2) is 0 Å². The minimum Gasteiger partial charge on any atom is -0.0877 e. The standard InChI is InChI=1S/C20H22/c1-4-5-13-19(17-11-7-6-8-12-17)20-15-10-9-14-18(20)16(2)3/h4-15,20H,1-3H3. The predicted molar refractivity (Wildman–Crippen MR) is 89.4 cm³/mol. The Hall–Kier alpha value is -2.08. The molecule has 0 bridgehead atoms. The largest absolute Gasteiger partial charge is 0.0877 e. The lowest BCUT2D eigenvalue weighted by Crippen LogP contribution is -2.06. The molecule has 0 aliphatic heterocycles. The third kappa shape index (κ3) is 3.27. The Morgan fingerprint density at radius 3 is 2.45 bits per heavy atom. The molecule has 2 rings (SSSR count). The highest BCUT2D eigenvalue weighted by molar-refractivity contribution is 5.74. The first-order chi connectivity index (χ1) is 9.74. The summed E-state index contributed by atoms with van der Waals surface area (Å²) in [6, 6.07) is 10.6. The van der Waals surface area contributed by atoms with E-state index in [9.17, 15) is 0 Å². The van der Waals surface area contributed by atoms with Gasteiger partial charge in [-0.2, -0.15) is 0 Å². The Balaban J connectivity index is 2.50. The van der Waals surface area contributed by atoms with Crippen LogP contribution < -0.4 is 0 Å². The fourth-order valence-corrected chi connectivity index (χ4v) is 2.50. The van der Waals surface area contributed by atoms with E-state index in [1.807, 2.05) is 0 Å². The van der Waals surface area contributed by atoms with Crippen LogP contribution in [0.2, 0.25) is 0 Å². The maximum absolute atomic E-state index is 2.28. The van der Waals surface area contributed by atoms with E-state index >= 15 is 0 Å². The van der Waals surface area contributed by atoms with E-state index in [0.717, 1.165) is 0 Å². The van der Waals surface area contributed by atoms with Crippen molar-refractivity contribution in [1.82, 2.24) is 0 Å². The highest BCUT2D eigenvalue weighted by Gasteiger charge is 2.18. The van der Waals surface area contributed by atoms with Crippen LogP contribution in [0, 0.1) is 5.92 Å². The monoisotopic (exact) mass is 262 g/mol. The van der Waals surface area contributed by atoms with Crippen LogP contribution in [0.4, 0.5) is 0 Å². The van der Waals surface area contributed by atoms with Crippen LogP contribution in [0.25, 0.3) is 5.57 Å². The number of hydrogen-bond acceptors (Lipinski definition) is 0. The lowest BCUT2D eigenvalue weighted by molar-refractivity contribution is 0.986. The molecule has 0 amide bonds. The Labute approximate surface area is 122 Å². The smallest absolute Gasteiger partial charge is 0.0277 e. The van der Waals surface area contributed by atoms with Crippen molar-refractivity contribution in [3.8, 4) is 0 Å². The highest BCUT2D eigenvalue weighted by Crippen LogP contribution is 2.34. The average molecular weight is 262 g/mol. The molecule has 1 aliphatic carbocycles. The van der Waals surface area contributed by atoms with Crippen molar-refractivity contribution in [2.75, 3.05) is 0 Å². The summed E-state index contributed by atoms with van der Waals surface area (Å²) in [5.74, 6) is 0.337. The molecular weight excluding hydrogens is 240 g/mol. The Kier molecular flexibility index (Phi) is 4.95. The lowest BCUT2D eigenvalue weighted by Gasteiger charge is -2.22. The van der Waals surface area contributed by atoms with Crippen molar-refractivity contribution in [3.63, 3.8) is 0 Å². The molecule has 1 unspecified atom stereocenters. The molecule has 0 radical (unpaired) electrons. The van der Waals surface area contributed by atoms with Crippen molar-refractivity contribution >= 4 is 5.57 Å². The third-order valence-corrected chi connectivity index (χ3v) is 3.51. The van der Waals surface area contributed by atoms with Crippen LogP contribution >= 0.6 is 0 Å². The van der Waals surface area contributed by atoms with Gasteiger partial charge in [0.15, 0.2) is 0 Å². The van der Waals surface area contributed by atoms with Gasteiger partial charge < -0.3 is 0 Å². The second-order valence-electron chi connectivity index (χ2n) is 5.19. The number of allylic oxidation sites excluding steroid dienone is 10. The van der Waals surface area contributed by atoms with Gasteiger partial charge in [0.05, 0.1) is 0 Å². The number of hydrogen-bond donors (Lipinski definition) is 0. The Morgan fingerprint density at radius 2 is 1.80 bits per heavy atom. The molecule has 1 aromatic rings. The van der Waals surface area contributed by atoms with Gasteiger partial charge >= 0.3 is 0 Å². The Morgan fingerprint density at radius 1 is 1.05 bits per heavy atom. The molecular formula is C20H22. The molecule has 1 atom stereocenters. The van der Waals surface area contributed by atoms with E-state index < -0.39 is 0 Å². The van der Waals surface area contributed by atoms with Gasteiger partial charge in [-0.3, -0.25) is 0 Å². The van der Waals surface area contributed by atoms with E-state index in [4.69, 9.17) is 0 Å². The zero-order chi connectivity index (χ0) is 14.4. The SMILES string of the molecule is CC=CC=C(c1ccccc1)C1C=CC=CC1=C(C)C. The average Bonchev–Trinajstić information content (AvgIpc) is 2.49. The first-order valence-corrected chi connectivity index (χ1v) is 7.14. The summed E-state index contributed by atoms with van der Waals surface area (Å²) in [4.78, 5) is 0. The predicted octanol–water partition coefficient (Wildman–Crippen LogP) is 5.72. The maximum Gasteiger partial charge on any atom is 0.0277 e. The maximum atomic E-state index is 2.28. The van der Waals surface area contributed by atoms with Crippen molar-refractivity contribution in [2.45, 2.75) is 20.8 Å². The van der Waals surface area contributed by atoms with Gasteiger partial charge in [-0.25, -0.2) is 0 Å². The van der Waals surface area contributed by atoms with Gasteiger partial charge in [0.25, 0.3) is 0 Å². The Bertz CT molecular complexity index is 588. The second-order valence-corrected chi connectivity index (χ2v) is 5.19. The molecule has 102 valence electrons. The van der Waals surface area contributed by atoms with E-state index in [1.165, 1.54) is 22.3 Å². The van der Waals surface area contributed by atoms with Gasteiger partial charge in [0.1, 0.15) is 0 Å². The first kappa shape index (κ1) is 14.3. The van der Waals surface area contributed by atoms with Crippen LogP contribution in [0.1, 0.15) is 26.3 Å². The molecule has 0 saturated heterocycles. The summed E-state index contributed by atoms with van der Waals surface area (Å²) in [5, 5.41) is 0. The topological polar surface area (TPSA) is 0 Å². The van der Waals surface area contributed by atoms with Gasteiger partial charge in [0.2, 0.25) is 0 Å². The van der Waals surface area contributed by atoms with E-state index in [2.05, 4.69) is 93.6 Å². The molecule has 0 heteroatoms. The minimum absolute atomic E-state index is 0.337. The molecule has 0 heterocycles. The summed E-state index contributed by atoms with van der Waals surface area (Å²) < 4.78 is 0. The summed E-state index contributed by atoms with van der Waals surface area (Å²) in [6.07, 6.45) is 15.2. The van der Waals surface area contributed by atoms with Crippen molar-refractivity contribution in [3.05, 3.63) is 89.6 Å². The van der Waals surface area contributed by atoms with Crippen LogP contribution in [0.5, 0.6) is 0 Å². The molecule has 0 nitrogen and oxygen atoms in total. The molecule has 20 heavy (non-hydrogen) atoms. The fourth-order valence-electron chi connectivity index (χ4n) is 2.50. The zero-order valence-corrected chi connectivity index (χ0v) is 12.5. The van der Waals surface area contributed by atoms with Gasteiger partial charge in [0, 0.05) is 5.92 Å². The molecule has 0 N–H and O–H groups in total. The van der Waals surface area contributed by atoms with Crippen molar-refractivity contribution < 1.29 is 0 Å². The summed E-state index contributed by atoms with van der Waals surface area (Å²) in [5.41, 5.74) is 5.40. The third-order valence-electron chi connectivity index (χ3n) is 3.51. The lowest BCUT2D eigenvalue weighted by atomic mass is 9.82. The minimum atomic E-state index is 0.337. The molecule has 0 saturated carbocycles. The summed E-state index contributed by atoms with van der Waals surface area (Å²) in [6.45, 7) is 6.42. The summed E-state index contributed by atoms with van der Waals surface area (Å²) >= 11 is 0. The quantitative estimate of drug-likeness (QED) is 0.611. The van der Waals surface area contributed by atoms with Crippen LogP contribution in [0.15, 0.2) is 84.0 Å². The molecule has 0 fully saturated rings. The molecule has 0 spiro atoms. The van der Waals surface area contributed by atoms with E-state index in [0.29, 0.717) is 5.92 Å². The number of benzene rings is 1. The normalized spacial score (nSPS) is 18.9. The molecule has 1 aromatic carbocycles. The zero-order valence-electron chi connectivity index (χ0n) is 12.5. The fraction of sp³-hybridized carbons (Fsp3) is 0.200. The first-order valence-electron chi connectivity index (χ1n) is 7.14. The van der Waals surface area contributed by atoms with Gasteiger partial charge in [-0.1, -0.05) is 78.4 Å². The van der Waals surface area contributed by atoms with E-state index in [-0.39, 0.29) is 0 Å². The number of rotatable bonds is 3.